The average Bonchev–Trinajstić information content (AvgIpc) is 2.43. The number of nitrogens with zero attached hydrogens (tertiary/aromatic N) is 1. The van der Waals surface area contributed by atoms with Gasteiger partial charge in [0.1, 0.15) is 6.54 Å². The van der Waals surface area contributed by atoms with Crippen molar-refractivity contribution in [1.82, 2.24) is 4.90 Å². The van der Waals surface area contributed by atoms with Crippen LogP contribution in [0.1, 0.15) is 35.7 Å². The smallest absolute Gasteiger partial charge is 0.325 e. The lowest BCUT2D eigenvalue weighted by Crippen LogP contribution is -2.41. The van der Waals surface area contributed by atoms with Gasteiger partial charge >= 0.3 is 5.97 Å². The molecule has 4 heteroatoms. The molecule has 1 aliphatic heterocycles. The highest BCUT2D eigenvalue weighted by molar-refractivity contribution is 5.98. The van der Waals surface area contributed by atoms with Crippen LogP contribution < -0.4 is 0 Å². The summed E-state index contributed by atoms with van der Waals surface area (Å²) < 4.78 is 5.09. The fourth-order valence-corrected chi connectivity index (χ4v) is 2.16. The molecule has 2 rings (SSSR count). The average molecular weight is 261 g/mol. The molecule has 0 fully saturated rings. The van der Waals surface area contributed by atoms with E-state index in [-0.39, 0.29) is 18.4 Å². The van der Waals surface area contributed by atoms with Crippen molar-refractivity contribution in [1.29, 1.82) is 0 Å². The number of carbonyl (C=O) groups excluding carboxylic acids is 2. The van der Waals surface area contributed by atoms with Gasteiger partial charge in [0, 0.05) is 12.1 Å². The van der Waals surface area contributed by atoms with Crippen molar-refractivity contribution in [2.24, 2.45) is 0 Å². The van der Waals surface area contributed by atoms with E-state index in [1.807, 2.05) is 31.2 Å². The highest BCUT2D eigenvalue weighted by Gasteiger charge is 2.25. The molecule has 0 aliphatic carbocycles. The van der Waals surface area contributed by atoms with E-state index in [2.05, 4.69) is 0 Å². The van der Waals surface area contributed by atoms with Crippen LogP contribution in [0.5, 0.6) is 0 Å². The van der Waals surface area contributed by atoms with E-state index >= 15 is 0 Å². The van der Waals surface area contributed by atoms with E-state index in [1.165, 1.54) is 0 Å². The molecule has 1 aromatic rings. The number of amides is 1. The van der Waals surface area contributed by atoms with Gasteiger partial charge in [0.05, 0.1) is 6.61 Å². The normalized spacial score (nSPS) is 14.2. The van der Waals surface area contributed by atoms with Crippen LogP contribution in [0.3, 0.4) is 0 Å². The van der Waals surface area contributed by atoms with Crippen LogP contribution in [0.25, 0.3) is 0 Å². The molecule has 1 amide bonds. The fraction of sp³-hybridized carbons (Fsp3) is 0.467. The summed E-state index contributed by atoms with van der Waals surface area (Å²) in [5.74, 6) is -0.393. The van der Waals surface area contributed by atoms with Crippen LogP contribution in [0.2, 0.25) is 0 Å². The summed E-state index contributed by atoms with van der Waals surface area (Å²) in [5.41, 5.74) is 1.76. The van der Waals surface area contributed by atoms with E-state index in [9.17, 15) is 9.59 Å². The van der Waals surface area contributed by atoms with E-state index in [0.717, 1.165) is 24.8 Å². The quantitative estimate of drug-likeness (QED) is 0.602. The van der Waals surface area contributed by atoms with Gasteiger partial charge in [-0.1, -0.05) is 31.5 Å². The van der Waals surface area contributed by atoms with Crippen molar-refractivity contribution in [3.05, 3.63) is 35.4 Å². The number of hydrogen-bond acceptors (Lipinski definition) is 3. The third-order valence-electron chi connectivity index (χ3n) is 3.27. The Kier molecular flexibility index (Phi) is 4.55. The van der Waals surface area contributed by atoms with Gasteiger partial charge < -0.3 is 9.64 Å². The number of rotatable bonds is 5. The molecular weight excluding hydrogens is 242 g/mol. The predicted molar refractivity (Wildman–Crippen MR) is 71.9 cm³/mol. The summed E-state index contributed by atoms with van der Waals surface area (Å²) in [6.07, 6.45) is 2.65. The Balaban J connectivity index is 1.93. The van der Waals surface area contributed by atoms with Crippen LogP contribution in [-0.2, 0) is 16.0 Å². The monoisotopic (exact) mass is 261 g/mol. The van der Waals surface area contributed by atoms with E-state index in [4.69, 9.17) is 4.74 Å². The first-order chi connectivity index (χ1) is 9.22. The van der Waals surface area contributed by atoms with Crippen molar-refractivity contribution >= 4 is 11.9 Å². The Morgan fingerprint density at radius 2 is 2.16 bits per heavy atom. The van der Waals surface area contributed by atoms with Gasteiger partial charge in [-0.3, -0.25) is 9.59 Å². The SMILES string of the molecule is CCCCOC(=O)CN1CCc2ccccc2C1=O. The molecule has 0 atom stereocenters. The van der Waals surface area contributed by atoms with Gasteiger partial charge in [0.15, 0.2) is 0 Å². The minimum absolute atomic E-state index is 0.0525. The highest BCUT2D eigenvalue weighted by Crippen LogP contribution is 2.18. The molecule has 4 nitrogen and oxygen atoms in total. The molecule has 0 aromatic heterocycles. The van der Waals surface area contributed by atoms with Gasteiger partial charge in [-0.2, -0.15) is 0 Å². The van der Waals surface area contributed by atoms with Gasteiger partial charge in [-0.25, -0.2) is 0 Å². The zero-order chi connectivity index (χ0) is 13.7. The number of hydrogen-bond donors (Lipinski definition) is 0. The zero-order valence-corrected chi connectivity index (χ0v) is 11.2. The van der Waals surface area contributed by atoms with Gasteiger partial charge in [-0.05, 0) is 24.5 Å². The summed E-state index contributed by atoms with van der Waals surface area (Å²) in [4.78, 5) is 25.4. The molecule has 0 unspecified atom stereocenters. The first-order valence-electron chi connectivity index (χ1n) is 6.75. The lowest BCUT2D eigenvalue weighted by atomic mass is 9.99. The molecule has 0 saturated carbocycles. The van der Waals surface area contributed by atoms with E-state index in [1.54, 1.807) is 4.90 Å². The Morgan fingerprint density at radius 1 is 1.37 bits per heavy atom. The standard InChI is InChI=1S/C15H19NO3/c1-2-3-10-19-14(17)11-16-9-8-12-6-4-5-7-13(12)15(16)18/h4-7H,2-3,8-11H2,1H3. The third-order valence-corrected chi connectivity index (χ3v) is 3.27. The van der Waals surface area contributed by atoms with Gasteiger partial charge in [-0.15, -0.1) is 0 Å². The van der Waals surface area contributed by atoms with Crippen molar-refractivity contribution in [2.75, 3.05) is 19.7 Å². The first-order valence-corrected chi connectivity index (χ1v) is 6.75. The van der Waals surface area contributed by atoms with Crippen molar-refractivity contribution < 1.29 is 14.3 Å². The highest BCUT2D eigenvalue weighted by atomic mass is 16.5. The minimum atomic E-state index is -0.318. The summed E-state index contributed by atoms with van der Waals surface area (Å²) in [6.45, 7) is 3.11. The number of ether oxygens (including phenoxy) is 1. The van der Waals surface area contributed by atoms with Crippen LogP contribution in [0.4, 0.5) is 0 Å². The lowest BCUT2D eigenvalue weighted by molar-refractivity contribution is -0.144. The molecule has 1 heterocycles. The van der Waals surface area contributed by atoms with E-state index in [0.29, 0.717) is 18.7 Å². The summed E-state index contributed by atoms with van der Waals surface area (Å²) >= 11 is 0. The second kappa shape index (κ2) is 6.36. The third kappa shape index (κ3) is 3.34. The van der Waals surface area contributed by atoms with Crippen molar-refractivity contribution in [3.8, 4) is 0 Å². The minimum Gasteiger partial charge on any atom is -0.464 e. The van der Waals surface area contributed by atoms with Crippen molar-refractivity contribution in [3.63, 3.8) is 0 Å². The summed E-state index contributed by atoms with van der Waals surface area (Å²) in [7, 11) is 0. The number of carbonyl (C=O) groups is 2. The van der Waals surface area contributed by atoms with Crippen molar-refractivity contribution in [2.45, 2.75) is 26.2 Å². The number of esters is 1. The Labute approximate surface area is 113 Å². The van der Waals surface area contributed by atoms with Gasteiger partial charge in [0.2, 0.25) is 0 Å². The first kappa shape index (κ1) is 13.6. The maximum absolute atomic E-state index is 12.2. The number of fused-ring (bicyclic) bond motifs is 1. The Bertz CT molecular complexity index is 470. The molecule has 102 valence electrons. The van der Waals surface area contributed by atoms with Crippen LogP contribution >= 0.6 is 0 Å². The molecular formula is C15H19NO3. The van der Waals surface area contributed by atoms with Crippen LogP contribution in [-0.4, -0.2) is 36.5 Å². The molecule has 0 bridgehead atoms. The summed E-state index contributed by atoms with van der Waals surface area (Å²) in [6, 6.07) is 7.55. The zero-order valence-electron chi connectivity index (χ0n) is 11.2. The maximum Gasteiger partial charge on any atom is 0.325 e. The molecule has 1 aliphatic rings. The second-order valence-corrected chi connectivity index (χ2v) is 4.71. The summed E-state index contributed by atoms with van der Waals surface area (Å²) in [5, 5.41) is 0. The molecule has 0 N–H and O–H groups in total. The van der Waals surface area contributed by atoms with E-state index < -0.39 is 0 Å². The fourth-order valence-electron chi connectivity index (χ4n) is 2.16. The lowest BCUT2D eigenvalue weighted by Gasteiger charge is -2.27. The Morgan fingerprint density at radius 3 is 2.95 bits per heavy atom. The maximum atomic E-state index is 12.2. The second-order valence-electron chi connectivity index (χ2n) is 4.71. The molecule has 0 saturated heterocycles. The Hall–Kier alpha value is -1.84. The molecule has 19 heavy (non-hydrogen) atoms. The topological polar surface area (TPSA) is 46.6 Å². The molecule has 1 aromatic carbocycles. The number of unbranched alkanes of at least 4 members (excludes halogenated alkanes) is 1. The van der Waals surface area contributed by atoms with Crippen LogP contribution in [0.15, 0.2) is 24.3 Å². The molecule has 0 spiro atoms. The number of benzene rings is 1. The predicted octanol–water partition coefficient (Wildman–Crippen LogP) is 2.03. The largest absolute Gasteiger partial charge is 0.464 e. The van der Waals surface area contributed by atoms with Gasteiger partial charge in [0.25, 0.3) is 5.91 Å². The van der Waals surface area contributed by atoms with Crippen LogP contribution in [0, 0.1) is 0 Å². The molecule has 0 radical (unpaired) electrons.